The highest BCUT2D eigenvalue weighted by molar-refractivity contribution is 7.15. The fraction of sp³-hybridized carbons (Fsp3) is 0.308. The summed E-state index contributed by atoms with van der Waals surface area (Å²) in [5.41, 5.74) is 9.25. The zero-order chi connectivity index (χ0) is 12.4. The first-order valence-corrected chi connectivity index (χ1v) is 6.79. The molecule has 0 bridgehead atoms. The van der Waals surface area contributed by atoms with E-state index in [4.69, 9.17) is 17.3 Å². The summed E-state index contributed by atoms with van der Waals surface area (Å²) in [5, 5.41) is 1.47. The van der Waals surface area contributed by atoms with E-state index >= 15 is 0 Å². The van der Waals surface area contributed by atoms with Gasteiger partial charge in [0.05, 0.1) is 5.69 Å². The highest BCUT2D eigenvalue weighted by Crippen LogP contribution is 2.27. The quantitative estimate of drug-likeness (QED) is 0.917. The molecule has 4 heteroatoms. The van der Waals surface area contributed by atoms with Crippen LogP contribution in [0.15, 0.2) is 18.2 Å². The Balaban J connectivity index is 2.34. The maximum atomic E-state index is 6.12. The van der Waals surface area contributed by atoms with E-state index in [0.29, 0.717) is 5.13 Å². The lowest BCUT2D eigenvalue weighted by atomic mass is 10.0. The fourth-order valence-corrected chi connectivity index (χ4v) is 2.97. The van der Waals surface area contributed by atoms with Crippen LogP contribution in [0.1, 0.15) is 28.6 Å². The van der Waals surface area contributed by atoms with Gasteiger partial charge in [0.2, 0.25) is 0 Å². The van der Waals surface area contributed by atoms with Crippen molar-refractivity contribution in [3.8, 4) is 0 Å². The van der Waals surface area contributed by atoms with Crippen LogP contribution in [-0.2, 0) is 12.8 Å². The fourth-order valence-electron chi connectivity index (χ4n) is 1.83. The van der Waals surface area contributed by atoms with Gasteiger partial charge in [0, 0.05) is 16.3 Å². The summed E-state index contributed by atoms with van der Waals surface area (Å²) in [6.45, 7) is 4.15. The van der Waals surface area contributed by atoms with E-state index in [1.54, 1.807) is 11.3 Å². The van der Waals surface area contributed by atoms with Crippen molar-refractivity contribution in [3.05, 3.63) is 44.9 Å². The molecule has 90 valence electrons. The van der Waals surface area contributed by atoms with E-state index in [1.165, 1.54) is 10.4 Å². The number of benzene rings is 1. The molecule has 2 nitrogen and oxygen atoms in total. The second-order valence-corrected chi connectivity index (χ2v) is 5.50. The summed E-state index contributed by atoms with van der Waals surface area (Å²) < 4.78 is 0. The van der Waals surface area contributed by atoms with Crippen molar-refractivity contribution in [1.82, 2.24) is 4.98 Å². The molecule has 0 radical (unpaired) electrons. The normalized spacial score (nSPS) is 10.8. The number of nitrogens with two attached hydrogens (primary N) is 1. The number of aryl methyl sites for hydroxylation is 1. The lowest BCUT2D eigenvalue weighted by molar-refractivity contribution is 1.02. The Morgan fingerprint density at radius 3 is 2.88 bits per heavy atom. The van der Waals surface area contributed by atoms with Crippen LogP contribution in [0, 0.1) is 6.92 Å². The van der Waals surface area contributed by atoms with E-state index < -0.39 is 0 Å². The molecule has 0 aliphatic heterocycles. The summed E-state index contributed by atoms with van der Waals surface area (Å²) in [7, 11) is 0. The van der Waals surface area contributed by atoms with Crippen molar-refractivity contribution < 1.29 is 0 Å². The predicted molar refractivity (Wildman–Crippen MR) is 74.9 cm³/mol. The molecule has 0 aliphatic rings. The smallest absolute Gasteiger partial charge is 0.180 e. The van der Waals surface area contributed by atoms with Crippen LogP contribution in [0.3, 0.4) is 0 Å². The SMILES string of the molecule is CCc1nc(N)sc1Cc1cccc(Cl)c1C. The molecule has 1 aromatic carbocycles. The van der Waals surface area contributed by atoms with Crippen molar-refractivity contribution in [2.24, 2.45) is 0 Å². The highest BCUT2D eigenvalue weighted by Gasteiger charge is 2.10. The molecule has 0 aliphatic carbocycles. The van der Waals surface area contributed by atoms with Crippen molar-refractivity contribution in [2.75, 3.05) is 5.73 Å². The number of halogens is 1. The first kappa shape index (κ1) is 12.4. The molecule has 0 saturated carbocycles. The van der Waals surface area contributed by atoms with Crippen molar-refractivity contribution in [2.45, 2.75) is 26.7 Å². The molecule has 17 heavy (non-hydrogen) atoms. The molecular formula is C13H15ClN2S. The molecule has 2 rings (SSSR count). The zero-order valence-corrected chi connectivity index (χ0v) is 11.5. The van der Waals surface area contributed by atoms with Gasteiger partial charge in [-0.15, -0.1) is 11.3 Å². The summed E-state index contributed by atoms with van der Waals surface area (Å²) in [6.07, 6.45) is 1.78. The first-order valence-electron chi connectivity index (χ1n) is 5.59. The number of thiazole rings is 1. The average Bonchev–Trinajstić information content (AvgIpc) is 2.65. The third kappa shape index (κ3) is 2.61. The van der Waals surface area contributed by atoms with Gasteiger partial charge < -0.3 is 5.73 Å². The number of nitrogens with zero attached hydrogens (tertiary/aromatic N) is 1. The number of anilines is 1. The standard InChI is InChI=1S/C13H15ClN2S/c1-3-11-12(17-13(15)16-11)7-9-5-4-6-10(14)8(9)2/h4-6H,3,7H2,1-2H3,(H2,15,16). The van der Waals surface area contributed by atoms with Gasteiger partial charge in [0.1, 0.15) is 0 Å². The van der Waals surface area contributed by atoms with Crippen LogP contribution in [-0.4, -0.2) is 4.98 Å². The number of hydrogen-bond donors (Lipinski definition) is 1. The van der Waals surface area contributed by atoms with E-state index in [0.717, 1.165) is 29.1 Å². The van der Waals surface area contributed by atoms with Gasteiger partial charge in [-0.1, -0.05) is 30.7 Å². The van der Waals surface area contributed by atoms with Gasteiger partial charge in [-0.2, -0.15) is 0 Å². The van der Waals surface area contributed by atoms with E-state index in [1.807, 2.05) is 19.1 Å². The first-order chi connectivity index (χ1) is 8.11. The Hall–Kier alpha value is -1.06. The maximum Gasteiger partial charge on any atom is 0.180 e. The average molecular weight is 267 g/mol. The summed E-state index contributed by atoms with van der Waals surface area (Å²) in [4.78, 5) is 5.59. The minimum absolute atomic E-state index is 0.650. The zero-order valence-electron chi connectivity index (χ0n) is 9.96. The molecular weight excluding hydrogens is 252 g/mol. The van der Waals surface area contributed by atoms with Crippen molar-refractivity contribution in [1.29, 1.82) is 0 Å². The van der Waals surface area contributed by atoms with E-state index in [2.05, 4.69) is 18.0 Å². The third-order valence-electron chi connectivity index (χ3n) is 2.86. The Morgan fingerprint density at radius 2 is 2.18 bits per heavy atom. The Kier molecular flexibility index (Phi) is 3.69. The van der Waals surface area contributed by atoms with Gasteiger partial charge in [0.15, 0.2) is 5.13 Å². The van der Waals surface area contributed by atoms with E-state index in [9.17, 15) is 0 Å². The van der Waals surface area contributed by atoms with Crippen molar-refractivity contribution in [3.63, 3.8) is 0 Å². The van der Waals surface area contributed by atoms with Crippen LogP contribution in [0.2, 0.25) is 5.02 Å². The van der Waals surface area contributed by atoms with Gasteiger partial charge in [0.25, 0.3) is 0 Å². The largest absolute Gasteiger partial charge is 0.375 e. The molecule has 0 amide bonds. The second-order valence-electron chi connectivity index (χ2n) is 3.98. The number of rotatable bonds is 3. The van der Waals surface area contributed by atoms with Crippen molar-refractivity contribution >= 4 is 28.1 Å². The Labute approximate surface area is 110 Å². The minimum Gasteiger partial charge on any atom is -0.375 e. The topological polar surface area (TPSA) is 38.9 Å². The maximum absolute atomic E-state index is 6.12. The number of nitrogen functional groups attached to an aromatic ring is 1. The molecule has 0 fully saturated rings. The number of hydrogen-bond acceptors (Lipinski definition) is 3. The molecule has 2 N–H and O–H groups in total. The molecule has 0 unspecified atom stereocenters. The lowest BCUT2D eigenvalue weighted by Crippen LogP contribution is -1.94. The summed E-state index contributed by atoms with van der Waals surface area (Å²) in [5.74, 6) is 0. The van der Waals surface area contributed by atoms with Crippen LogP contribution in [0.4, 0.5) is 5.13 Å². The molecule has 2 aromatic rings. The van der Waals surface area contributed by atoms with Gasteiger partial charge in [-0.05, 0) is 30.5 Å². The predicted octanol–water partition coefficient (Wildman–Crippen LogP) is 3.84. The molecule has 0 saturated heterocycles. The molecule has 0 spiro atoms. The third-order valence-corrected chi connectivity index (χ3v) is 4.20. The monoisotopic (exact) mass is 266 g/mol. The van der Waals surface area contributed by atoms with Crippen LogP contribution in [0.5, 0.6) is 0 Å². The summed E-state index contributed by atoms with van der Waals surface area (Å²) >= 11 is 7.69. The molecule has 1 aromatic heterocycles. The Morgan fingerprint density at radius 1 is 1.41 bits per heavy atom. The van der Waals surface area contributed by atoms with Crippen LogP contribution < -0.4 is 5.73 Å². The molecule has 0 atom stereocenters. The summed E-state index contributed by atoms with van der Waals surface area (Å²) in [6, 6.07) is 6.01. The second kappa shape index (κ2) is 5.07. The highest BCUT2D eigenvalue weighted by atomic mass is 35.5. The lowest BCUT2D eigenvalue weighted by Gasteiger charge is -2.06. The van der Waals surface area contributed by atoms with Crippen LogP contribution >= 0.6 is 22.9 Å². The van der Waals surface area contributed by atoms with Gasteiger partial charge in [-0.3, -0.25) is 0 Å². The van der Waals surface area contributed by atoms with Crippen LogP contribution in [0.25, 0.3) is 0 Å². The van der Waals surface area contributed by atoms with Gasteiger partial charge >= 0.3 is 0 Å². The minimum atomic E-state index is 0.650. The molecule has 1 heterocycles. The Bertz CT molecular complexity index is 534. The number of aromatic nitrogens is 1. The van der Waals surface area contributed by atoms with Gasteiger partial charge in [-0.25, -0.2) is 4.98 Å². The van der Waals surface area contributed by atoms with E-state index in [-0.39, 0.29) is 0 Å².